The van der Waals surface area contributed by atoms with Crippen LogP contribution in [0.2, 0.25) is 0 Å². The number of carbonyl (C=O) groups is 2. The molecule has 0 saturated carbocycles. The van der Waals surface area contributed by atoms with Gasteiger partial charge in [-0.15, -0.1) is 0 Å². The van der Waals surface area contributed by atoms with Crippen molar-refractivity contribution in [3.05, 3.63) is 35.6 Å². The van der Waals surface area contributed by atoms with Crippen LogP contribution >= 0.6 is 0 Å². The number of urea groups is 1. The molecule has 1 heterocycles. The number of rotatable bonds is 5. The summed E-state index contributed by atoms with van der Waals surface area (Å²) >= 11 is 0. The highest BCUT2D eigenvalue weighted by Crippen LogP contribution is 2.22. The van der Waals surface area contributed by atoms with Crippen LogP contribution in [0.5, 0.6) is 0 Å². The van der Waals surface area contributed by atoms with Crippen molar-refractivity contribution < 1.29 is 14.0 Å². The van der Waals surface area contributed by atoms with Gasteiger partial charge in [-0.1, -0.05) is 18.2 Å². The summed E-state index contributed by atoms with van der Waals surface area (Å²) in [4.78, 5) is 27.1. The van der Waals surface area contributed by atoms with Crippen molar-refractivity contribution in [2.24, 2.45) is 0 Å². The molecule has 1 aromatic rings. The van der Waals surface area contributed by atoms with E-state index in [-0.39, 0.29) is 30.3 Å². The molecular formula is C16H22FN3O2. The van der Waals surface area contributed by atoms with Crippen molar-refractivity contribution in [2.75, 3.05) is 20.1 Å². The molecular weight excluding hydrogens is 285 g/mol. The number of likely N-dealkylation sites (N-methyl/N-ethyl adjacent to an activating group) is 1. The van der Waals surface area contributed by atoms with E-state index in [1.54, 1.807) is 32.0 Å². The predicted molar refractivity (Wildman–Crippen MR) is 81.8 cm³/mol. The van der Waals surface area contributed by atoms with Gasteiger partial charge in [0.25, 0.3) is 5.91 Å². The standard InChI is InChI=1S/C16H22FN3O2/c1-11(12-7-5-6-8-13(12)17)19(4)9-10-20-14(21)16(2,3)18-15(20)22/h5-8,11H,9-10H2,1-4H3,(H,18,22)/t11-/m1/s1. The van der Waals surface area contributed by atoms with Gasteiger partial charge in [-0.25, -0.2) is 9.18 Å². The lowest BCUT2D eigenvalue weighted by atomic mass is 10.1. The van der Waals surface area contributed by atoms with E-state index in [2.05, 4.69) is 5.32 Å². The summed E-state index contributed by atoms with van der Waals surface area (Å²) in [5, 5.41) is 2.65. The Bertz CT molecular complexity index is 589. The quantitative estimate of drug-likeness (QED) is 0.848. The van der Waals surface area contributed by atoms with Crippen LogP contribution in [0.1, 0.15) is 32.4 Å². The van der Waals surface area contributed by atoms with Gasteiger partial charge in [-0.2, -0.15) is 0 Å². The molecule has 6 heteroatoms. The van der Waals surface area contributed by atoms with E-state index in [9.17, 15) is 14.0 Å². The van der Waals surface area contributed by atoms with Crippen molar-refractivity contribution in [3.63, 3.8) is 0 Å². The molecule has 22 heavy (non-hydrogen) atoms. The number of halogens is 1. The van der Waals surface area contributed by atoms with Crippen LogP contribution in [-0.2, 0) is 4.79 Å². The minimum Gasteiger partial charge on any atom is -0.324 e. The Balaban J connectivity index is 1.99. The largest absolute Gasteiger partial charge is 0.325 e. The van der Waals surface area contributed by atoms with Gasteiger partial charge in [0.2, 0.25) is 0 Å². The average molecular weight is 307 g/mol. The maximum Gasteiger partial charge on any atom is 0.325 e. The van der Waals surface area contributed by atoms with Gasteiger partial charge in [-0.05, 0) is 33.9 Å². The number of imide groups is 1. The zero-order chi connectivity index (χ0) is 16.5. The minimum absolute atomic E-state index is 0.144. The topological polar surface area (TPSA) is 52.6 Å². The summed E-state index contributed by atoms with van der Waals surface area (Å²) in [6, 6.07) is 6.10. The first-order chi connectivity index (χ1) is 10.2. The lowest BCUT2D eigenvalue weighted by Gasteiger charge is -2.27. The fourth-order valence-electron chi connectivity index (χ4n) is 2.52. The lowest BCUT2D eigenvalue weighted by Crippen LogP contribution is -2.41. The van der Waals surface area contributed by atoms with Crippen LogP contribution in [0.4, 0.5) is 9.18 Å². The molecule has 1 atom stereocenters. The summed E-state index contributed by atoms with van der Waals surface area (Å²) in [7, 11) is 1.85. The molecule has 1 aliphatic heterocycles. The van der Waals surface area contributed by atoms with Crippen LogP contribution in [0.3, 0.4) is 0 Å². The molecule has 0 aliphatic carbocycles. The van der Waals surface area contributed by atoms with Gasteiger partial charge in [0, 0.05) is 24.7 Å². The fraction of sp³-hybridized carbons (Fsp3) is 0.500. The molecule has 2 rings (SSSR count). The summed E-state index contributed by atoms with van der Waals surface area (Å²) in [5.74, 6) is -0.484. The Morgan fingerprint density at radius 2 is 1.95 bits per heavy atom. The fourth-order valence-corrected chi connectivity index (χ4v) is 2.52. The number of hydrogen-bond donors (Lipinski definition) is 1. The van der Waals surface area contributed by atoms with E-state index < -0.39 is 5.54 Å². The third-order valence-corrected chi connectivity index (χ3v) is 4.14. The molecule has 0 radical (unpaired) electrons. The SMILES string of the molecule is C[C@H](c1ccccc1F)N(C)CCN1C(=O)NC(C)(C)C1=O. The minimum atomic E-state index is -0.854. The highest BCUT2D eigenvalue weighted by Gasteiger charge is 2.43. The first kappa shape index (κ1) is 16.4. The summed E-state index contributed by atoms with van der Waals surface area (Å²) < 4.78 is 13.8. The van der Waals surface area contributed by atoms with Gasteiger partial charge in [0.15, 0.2) is 0 Å². The molecule has 1 saturated heterocycles. The van der Waals surface area contributed by atoms with Gasteiger partial charge in [0.05, 0.1) is 0 Å². The zero-order valence-electron chi connectivity index (χ0n) is 13.4. The van der Waals surface area contributed by atoms with Gasteiger partial charge in [0.1, 0.15) is 11.4 Å². The summed E-state index contributed by atoms with van der Waals surface area (Å²) in [6.45, 7) is 6.01. The molecule has 1 fully saturated rings. The smallest absolute Gasteiger partial charge is 0.324 e. The van der Waals surface area contributed by atoms with E-state index in [4.69, 9.17) is 0 Å². The molecule has 0 spiro atoms. The number of amides is 3. The second-order valence-corrected chi connectivity index (χ2v) is 6.19. The molecule has 5 nitrogen and oxygen atoms in total. The average Bonchev–Trinajstić information content (AvgIpc) is 2.65. The Kier molecular flexibility index (Phi) is 4.51. The summed E-state index contributed by atoms with van der Waals surface area (Å²) in [5.41, 5.74) is -0.255. The number of nitrogens with one attached hydrogen (secondary N) is 1. The molecule has 0 bridgehead atoms. The third-order valence-electron chi connectivity index (χ3n) is 4.14. The van der Waals surface area contributed by atoms with E-state index >= 15 is 0 Å². The van der Waals surface area contributed by atoms with Crippen molar-refractivity contribution >= 4 is 11.9 Å². The first-order valence-electron chi connectivity index (χ1n) is 7.33. The number of benzene rings is 1. The predicted octanol–water partition coefficient (Wildman–Crippen LogP) is 2.15. The maximum absolute atomic E-state index is 13.8. The molecule has 1 aromatic carbocycles. The lowest BCUT2D eigenvalue weighted by molar-refractivity contribution is -0.130. The van der Waals surface area contributed by atoms with Crippen LogP contribution in [0.25, 0.3) is 0 Å². The molecule has 0 unspecified atom stereocenters. The summed E-state index contributed by atoms with van der Waals surface area (Å²) in [6.07, 6.45) is 0. The van der Waals surface area contributed by atoms with Crippen LogP contribution in [0.15, 0.2) is 24.3 Å². The highest BCUT2D eigenvalue weighted by molar-refractivity contribution is 6.06. The van der Waals surface area contributed by atoms with Crippen molar-refractivity contribution in [3.8, 4) is 0 Å². The van der Waals surface area contributed by atoms with Crippen LogP contribution in [0, 0.1) is 5.82 Å². The molecule has 0 aromatic heterocycles. The number of carbonyl (C=O) groups excluding carboxylic acids is 2. The Hall–Kier alpha value is -1.95. The second kappa shape index (κ2) is 6.04. The Morgan fingerprint density at radius 1 is 1.32 bits per heavy atom. The first-order valence-corrected chi connectivity index (χ1v) is 7.33. The Morgan fingerprint density at radius 3 is 2.50 bits per heavy atom. The second-order valence-electron chi connectivity index (χ2n) is 6.19. The number of nitrogens with zero attached hydrogens (tertiary/aromatic N) is 2. The van der Waals surface area contributed by atoms with Crippen LogP contribution < -0.4 is 5.32 Å². The van der Waals surface area contributed by atoms with E-state index in [1.807, 2.05) is 18.9 Å². The van der Waals surface area contributed by atoms with Gasteiger partial charge >= 0.3 is 6.03 Å². The van der Waals surface area contributed by atoms with Gasteiger partial charge < -0.3 is 5.32 Å². The molecule has 1 N–H and O–H groups in total. The maximum atomic E-state index is 13.8. The third kappa shape index (κ3) is 3.11. The normalized spacial score (nSPS) is 18.7. The zero-order valence-corrected chi connectivity index (χ0v) is 13.4. The molecule has 120 valence electrons. The monoisotopic (exact) mass is 307 g/mol. The van der Waals surface area contributed by atoms with E-state index in [0.717, 1.165) is 0 Å². The molecule has 1 aliphatic rings. The Labute approximate surface area is 130 Å². The van der Waals surface area contributed by atoms with E-state index in [0.29, 0.717) is 12.1 Å². The van der Waals surface area contributed by atoms with E-state index in [1.165, 1.54) is 11.0 Å². The highest BCUT2D eigenvalue weighted by atomic mass is 19.1. The van der Waals surface area contributed by atoms with Crippen LogP contribution in [-0.4, -0.2) is 47.4 Å². The van der Waals surface area contributed by atoms with Crippen molar-refractivity contribution in [1.82, 2.24) is 15.1 Å². The molecule has 3 amide bonds. The number of hydrogen-bond acceptors (Lipinski definition) is 3. The van der Waals surface area contributed by atoms with Gasteiger partial charge in [-0.3, -0.25) is 14.6 Å². The van der Waals surface area contributed by atoms with Crippen molar-refractivity contribution in [1.29, 1.82) is 0 Å². The van der Waals surface area contributed by atoms with Crippen molar-refractivity contribution in [2.45, 2.75) is 32.4 Å².